The molecule has 5 fully saturated rings. The quantitative estimate of drug-likeness (QED) is 0.0472. The van der Waals surface area contributed by atoms with Crippen LogP contribution in [-0.2, 0) is 23.7 Å². The van der Waals surface area contributed by atoms with Gasteiger partial charge in [-0.15, -0.1) is 6.42 Å². The first-order valence-electron chi connectivity index (χ1n) is 36.8. The van der Waals surface area contributed by atoms with Crippen LogP contribution in [0.3, 0.4) is 0 Å². The number of allylic oxidation sites excluding steroid dienone is 10. The lowest BCUT2D eigenvalue weighted by Crippen LogP contribution is -2.33. The largest absolute Gasteiger partial charge is 0.394 e. The van der Waals surface area contributed by atoms with E-state index in [-0.39, 0.29) is 19.0 Å². The Hall–Kier alpha value is -11.4. The summed E-state index contributed by atoms with van der Waals surface area (Å²) < 4.78 is 35.9. The topological polar surface area (TPSA) is 658 Å². The molecule has 42 heteroatoms. The lowest BCUT2D eigenvalue weighted by Gasteiger charge is -2.17. The standard InChI is InChI=1S/2C16H18N4O4.2C15H17N5O4.C13H14N4O4/c2*17-14-11-9(8-3-1-2-4-8)5-20(15(11)19-7-18-14)16-13(23)12(22)10(6-21)24-16;16-13-10-8(7-1-2-17-3-7)4-20(14(10)19-6-18-13)15-12(23)11(22)9(5-21)24-15;16-13-10-7(8-2-1-3-17-8)4-20(14(10)19-6-18-13)15-12(23)11(22)9(5-21)24-15;1-2-6-3-17(12-8(6)11(14)15-5-16-12)13-10(20)9(19)7(4-18)21-13/h1,3-5,7,10,12-13,16,21-23H,2,6H2,(H2,17,18,19);1-3,5,7,10,12-13,16,21-23H,4,6H2,(H2,17,18,19);1,3-4,6,9,11-12,15,21-23H,2,5H2,(H2,16,18,19);1-2,4,6,9,11-12,15,21-23H,3,5H2,(H2,16,18,19);1,3,5,7,9-10,13,18-20H,4H2,(H2,14,15,16)/t2*10-,12?,13+,16-;2*9-,11?,12+,15-;7-,9?,10+,13-/m11111/s1. The number of nitrogens with zero attached hydrogens (tertiary/aromatic N) is 17. The number of aliphatic hydroxyl groups excluding tert-OH is 15. The van der Waals surface area contributed by atoms with Crippen molar-refractivity contribution in [3.8, 4) is 12.3 Å². The van der Waals surface area contributed by atoms with Gasteiger partial charge >= 0.3 is 0 Å². The number of hydrogen-bond acceptors (Lipinski definition) is 37. The number of aliphatic hydroxyl groups is 15. The number of nitrogens with two attached hydrogens (primary N) is 5. The van der Waals surface area contributed by atoms with Gasteiger partial charge < -0.3 is 152 Å². The van der Waals surface area contributed by atoms with Gasteiger partial charge in [0.2, 0.25) is 0 Å². The maximum Gasteiger partial charge on any atom is 0.164 e. The van der Waals surface area contributed by atoms with Crippen LogP contribution in [0.15, 0.2) is 127 Å². The number of hydrogen-bond donors (Lipinski definition) is 20. The van der Waals surface area contributed by atoms with Crippen LogP contribution in [0, 0.1) is 12.3 Å². The van der Waals surface area contributed by atoms with Crippen LogP contribution in [-0.4, -0.2) is 299 Å². The molecule has 0 spiro atoms. The van der Waals surface area contributed by atoms with E-state index in [0.29, 0.717) is 97.1 Å². The molecule has 5 saturated heterocycles. The molecule has 42 nitrogen and oxygen atoms in total. The van der Waals surface area contributed by atoms with Gasteiger partial charge in [-0.05, 0) is 35.6 Å². The van der Waals surface area contributed by atoms with E-state index in [1.165, 1.54) is 36.2 Å². The van der Waals surface area contributed by atoms with Crippen molar-refractivity contribution in [3.63, 3.8) is 0 Å². The van der Waals surface area contributed by atoms with E-state index in [1.54, 1.807) is 55.5 Å². The van der Waals surface area contributed by atoms with E-state index >= 15 is 0 Å². The number of aliphatic imine (C=N–C) groups is 2. The van der Waals surface area contributed by atoms with Crippen LogP contribution in [0.2, 0.25) is 0 Å². The molecule has 0 radical (unpaired) electrons. The van der Waals surface area contributed by atoms with Crippen molar-refractivity contribution in [2.45, 2.75) is 136 Å². The van der Waals surface area contributed by atoms with Gasteiger partial charge in [0, 0.05) is 59.5 Å². The van der Waals surface area contributed by atoms with Gasteiger partial charge in [0.1, 0.15) is 181 Å². The Labute approximate surface area is 661 Å². The lowest BCUT2D eigenvalue weighted by atomic mass is 10.1. The van der Waals surface area contributed by atoms with Gasteiger partial charge in [0.05, 0.1) is 84.3 Å². The summed E-state index contributed by atoms with van der Waals surface area (Å²) in [6.07, 6.45) is 21.2. The summed E-state index contributed by atoms with van der Waals surface area (Å²) in [7, 11) is 0. The molecular formula is C75H84N22O20. The summed E-state index contributed by atoms with van der Waals surface area (Å²) >= 11 is 0. The molecule has 2 aliphatic carbocycles. The molecule has 7 aliphatic heterocycles. The normalized spacial score (nSPS) is 29.4. The minimum atomic E-state index is -1.22. The van der Waals surface area contributed by atoms with Crippen molar-refractivity contribution >= 4 is 113 Å². The Kier molecular flexibility index (Phi) is 23.3. The summed E-state index contributed by atoms with van der Waals surface area (Å²) in [5.41, 5.74) is 39.7. The molecule has 17 heterocycles. The van der Waals surface area contributed by atoms with Crippen LogP contribution in [0.25, 0.3) is 71.9 Å². The zero-order valence-electron chi connectivity index (χ0n) is 61.8. The Morgan fingerprint density at radius 2 is 0.735 bits per heavy atom. The number of nitrogen functional groups attached to an aromatic ring is 5. The summed E-state index contributed by atoms with van der Waals surface area (Å²) in [6, 6.07) is 0. The highest BCUT2D eigenvalue weighted by Gasteiger charge is 2.49. The summed E-state index contributed by atoms with van der Waals surface area (Å²) in [5.74, 6) is 3.97. The monoisotopic (exact) mass is 1610 g/mol. The minimum Gasteiger partial charge on any atom is -0.394 e. The Bertz CT molecular complexity index is 5360. The van der Waals surface area contributed by atoms with E-state index in [1.807, 2.05) is 48.6 Å². The van der Waals surface area contributed by atoms with Gasteiger partial charge in [0.25, 0.3) is 0 Å². The smallest absolute Gasteiger partial charge is 0.164 e. The summed E-state index contributed by atoms with van der Waals surface area (Å²) in [5, 5.41) is 150. The van der Waals surface area contributed by atoms with Crippen LogP contribution in [0.5, 0.6) is 0 Å². The van der Waals surface area contributed by atoms with E-state index in [4.69, 9.17) is 63.9 Å². The highest BCUT2D eigenvalue weighted by atomic mass is 16.6. The molecular weight excluding hydrogens is 1530 g/mol. The molecule has 10 aromatic rings. The second-order valence-corrected chi connectivity index (χ2v) is 28.2. The van der Waals surface area contributed by atoms with Gasteiger partial charge in [-0.2, -0.15) is 0 Å². The maximum atomic E-state index is 10.3. The van der Waals surface area contributed by atoms with Crippen LogP contribution in [0.4, 0.5) is 29.1 Å². The first-order chi connectivity index (χ1) is 56.5. The SMILES string of the molecule is C#Cc1cn([C@@H]2O[C@H](CO)C(O)[C@@H]2O)c2ncnc(N)c12.Nc1ncnc2c1c(C1=CC=CC1)cn2[C@@H]1O[C@H](CO)C(O)[C@@H]1O.Nc1ncnc2c1c(C1=CCC=C1)cn2[C@@H]1O[C@H](CO)C(O)[C@@H]1O.Nc1ncnc2c1c(C1=CCN=C1)cn2[C@@H]1O[C@H](CO)C(O)[C@@H]1O.Nc1ncnc2c1c(C1=NCC=C1)cn2[C@@H]1O[C@H](CO)C(O)[C@@H]1O. The molecule has 0 amide bonds. The van der Waals surface area contributed by atoms with Crippen molar-refractivity contribution < 1.29 is 100 Å². The lowest BCUT2D eigenvalue weighted by molar-refractivity contribution is -0.0508. The predicted molar refractivity (Wildman–Crippen MR) is 418 cm³/mol. The van der Waals surface area contributed by atoms with Gasteiger partial charge in [-0.3, -0.25) is 9.98 Å². The molecule has 20 atom stereocenters. The fraction of sp³-hybridized carbons (Fsp3) is 0.387. The highest BCUT2D eigenvalue weighted by Crippen LogP contribution is 2.44. The number of aromatic nitrogens is 15. The number of anilines is 5. The van der Waals surface area contributed by atoms with Crippen LogP contribution >= 0.6 is 0 Å². The maximum absolute atomic E-state index is 10.3. The minimum absolute atomic E-state index is 0.221. The van der Waals surface area contributed by atoms with E-state index in [2.05, 4.69) is 71.8 Å². The molecule has 25 N–H and O–H groups in total. The van der Waals surface area contributed by atoms with E-state index < -0.39 is 143 Å². The molecule has 614 valence electrons. The third kappa shape index (κ3) is 14.6. The molecule has 19 rings (SSSR count). The predicted octanol–water partition coefficient (Wildman–Crippen LogP) is -3.38. The number of rotatable bonds is 14. The third-order valence-corrected chi connectivity index (χ3v) is 21.4. The first-order valence-corrected chi connectivity index (χ1v) is 36.8. The molecule has 0 bridgehead atoms. The third-order valence-electron chi connectivity index (χ3n) is 21.4. The Balaban J connectivity index is 0.000000115. The number of ether oxygens (including phenoxy) is 5. The van der Waals surface area contributed by atoms with Gasteiger partial charge in [0.15, 0.2) is 31.1 Å². The Morgan fingerprint density at radius 1 is 0.385 bits per heavy atom. The average Bonchev–Trinajstić information content (AvgIpc) is 1.62. The zero-order valence-corrected chi connectivity index (χ0v) is 61.8. The molecule has 0 aromatic carbocycles. The fourth-order valence-electron chi connectivity index (χ4n) is 15.4. The molecule has 10 aromatic heterocycles. The van der Waals surface area contributed by atoms with Crippen LogP contribution in [0.1, 0.15) is 71.8 Å². The molecule has 9 aliphatic rings. The fourth-order valence-corrected chi connectivity index (χ4v) is 15.4. The molecule has 0 saturated carbocycles. The van der Waals surface area contributed by atoms with Crippen molar-refractivity contribution in [1.29, 1.82) is 0 Å². The number of fused-ring (bicyclic) bond motifs is 5. The number of terminal acetylenes is 1. The zero-order chi connectivity index (χ0) is 82.5. The highest BCUT2D eigenvalue weighted by molar-refractivity contribution is 6.19. The van der Waals surface area contributed by atoms with Gasteiger partial charge in [-0.25, -0.2) is 49.8 Å². The van der Waals surface area contributed by atoms with E-state index in [0.717, 1.165) is 57.5 Å². The van der Waals surface area contributed by atoms with Crippen molar-refractivity contribution in [2.24, 2.45) is 9.98 Å². The summed E-state index contributed by atoms with van der Waals surface area (Å²) in [6.45, 7) is -0.790. The molecule has 117 heavy (non-hydrogen) atoms. The average molecular weight is 1610 g/mol. The van der Waals surface area contributed by atoms with Crippen molar-refractivity contribution in [1.82, 2.24) is 72.7 Å². The Morgan fingerprint density at radius 3 is 1.06 bits per heavy atom. The van der Waals surface area contributed by atoms with Crippen molar-refractivity contribution in [2.75, 3.05) is 74.8 Å². The second kappa shape index (κ2) is 33.7. The second-order valence-electron chi connectivity index (χ2n) is 28.2. The molecule has 5 unspecified atom stereocenters. The van der Waals surface area contributed by atoms with E-state index in [9.17, 15) is 71.5 Å². The first kappa shape index (κ1) is 80.8. The van der Waals surface area contributed by atoms with Gasteiger partial charge in [-0.1, -0.05) is 54.5 Å². The van der Waals surface area contributed by atoms with Crippen molar-refractivity contribution in [3.05, 3.63) is 145 Å². The summed E-state index contributed by atoms with van der Waals surface area (Å²) in [4.78, 5) is 49.8. The van der Waals surface area contributed by atoms with Crippen LogP contribution < -0.4 is 28.7 Å².